The van der Waals surface area contributed by atoms with Crippen LogP contribution in [0.3, 0.4) is 0 Å². The van der Waals surface area contributed by atoms with Gasteiger partial charge in [-0.2, -0.15) is 13.5 Å². The fourth-order valence-electron chi connectivity index (χ4n) is 3.79. The second kappa shape index (κ2) is 14.4. The number of carbonyl (C=O) groups excluding carboxylic acids is 2. The van der Waals surface area contributed by atoms with Gasteiger partial charge in [0, 0.05) is 30.7 Å². The molecule has 0 radical (unpaired) electrons. The van der Waals surface area contributed by atoms with Crippen LogP contribution in [0.5, 0.6) is 5.75 Å². The summed E-state index contributed by atoms with van der Waals surface area (Å²) in [5, 5.41) is 22.4. The molecule has 3 rings (SSSR count). The Labute approximate surface area is 251 Å². The zero-order valence-corrected chi connectivity index (χ0v) is 25.2. The van der Waals surface area contributed by atoms with Crippen molar-refractivity contribution in [3.8, 4) is 5.75 Å². The van der Waals surface area contributed by atoms with Crippen molar-refractivity contribution in [1.82, 2.24) is 25.7 Å². The number of nitrogen functional groups attached to an aromatic ring is 1. The van der Waals surface area contributed by atoms with Crippen LogP contribution in [-0.4, -0.2) is 95.7 Å². The Morgan fingerprint density at radius 1 is 1.30 bits per heavy atom. The molecule has 1 fully saturated rings. The number of hydrogen-bond acceptors (Lipinski definition) is 15. The van der Waals surface area contributed by atoms with Crippen molar-refractivity contribution in [2.45, 2.75) is 31.8 Å². The average Bonchev–Trinajstić information content (AvgIpc) is 3.37. The normalized spacial score (nSPS) is 16.8. The van der Waals surface area contributed by atoms with Gasteiger partial charge in [0.2, 0.25) is 0 Å². The number of thiazole rings is 1. The summed E-state index contributed by atoms with van der Waals surface area (Å²) < 4.78 is 40.9. The summed E-state index contributed by atoms with van der Waals surface area (Å²) in [5.41, 5.74) is 10.9. The van der Waals surface area contributed by atoms with Crippen LogP contribution in [0.25, 0.3) is 5.70 Å². The first-order valence-electron chi connectivity index (χ1n) is 12.8. The SMILES string of the molecule is CN(O)/C(=C\NCCCN)c1ccc(OCCO/N=C(\C(=O)NC2C(=O)N(OS(=O)(=O)O)C2(C)C)c2csc(N)n2)cc1. The third kappa shape index (κ3) is 8.99. The number of aromatic nitrogens is 1. The molecule has 236 valence electrons. The molecule has 8 N–H and O–H groups in total. The van der Waals surface area contributed by atoms with Crippen molar-refractivity contribution in [1.29, 1.82) is 0 Å². The Morgan fingerprint density at radius 2 is 2.00 bits per heavy atom. The lowest BCUT2D eigenvalue weighted by Crippen LogP contribution is -2.76. The van der Waals surface area contributed by atoms with Crippen LogP contribution in [-0.2, 0) is 29.1 Å². The van der Waals surface area contributed by atoms with Crippen LogP contribution in [0.15, 0.2) is 41.0 Å². The van der Waals surface area contributed by atoms with Gasteiger partial charge in [-0.1, -0.05) is 5.16 Å². The summed E-state index contributed by atoms with van der Waals surface area (Å²) in [6, 6.07) is 5.73. The first kappa shape index (κ1) is 33.5. The molecule has 19 heteroatoms. The molecule has 1 aromatic carbocycles. The standard InChI is InChI=1S/C24H34N8O9S2/c1-24(2)20(22(34)32(24)41-43(36,37)38)29-21(33)19(17-14-42-23(26)28-17)30-40-12-11-39-16-7-5-15(6-8-16)18(31(3)35)13-27-10-4-9-25/h5-8,13-14,20,27,35H,4,9-12,25H2,1-3H3,(H2,26,28)(H,29,33)(H,36,37,38)/b18-13-,30-19-. The van der Waals surface area contributed by atoms with Crippen molar-refractivity contribution in [2.75, 3.05) is 39.1 Å². The molecule has 0 spiro atoms. The molecule has 1 saturated heterocycles. The topological polar surface area (TPSA) is 244 Å². The van der Waals surface area contributed by atoms with Crippen LogP contribution in [0, 0.1) is 0 Å². The van der Waals surface area contributed by atoms with E-state index in [1.807, 2.05) is 0 Å². The first-order chi connectivity index (χ1) is 20.2. The zero-order chi connectivity index (χ0) is 31.8. The molecule has 1 unspecified atom stereocenters. The maximum Gasteiger partial charge on any atom is 0.418 e. The number of rotatable bonds is 16. The number of nitrogens with one attached hydrogen (secondary N) is 2. The Morgan fingerprint density at radius 3 is 2.56 bits per heavy atom. The van der Waals surface area contributed by atoms with Gasteiger partial charge in [0.15, 0.2) is 17.5 Å². The molecule has 17 nitrogen and oxygen atoms in total. The molecule has 2 aromatic rings. The van der Waals surface area contributed by atoms with E-state index in [4.69, 9.17) is 25.6 Å². The van der Waals surface area contributed by atoms with Gasteiger partial charge in [-0.05, 0) is 51.1 Å². The van der Waals surface area contributed by atoms with Crippen molar-refractivity contribution in [2.24, 2.45) is 10.9 Å². The minimum Gasteiger partial charge on any atom is -0.490 e. The van der Waals surface area contributed by atoms with Gasteiger partial charge in [-0.15, -0.1) is 15.6 Å². The highest BCUT2D eigenvalue weighted by atomic mass is 32.3. The number of hydroxylamine groups is 4. The summed E-state index contributed by atoms with van der Waals surface area (Å²) in [6.45, 7) is 4.03. The van der Waals surface area contributed by atoms with E-state index >= 15 is 0 Å². The van der Waals surface area contributed by atoms with Gasteiger partial charge in [-0.3, -0.25) is 24.4 Å². The zero-order valence-electron chi connectivity index (χ0n) is 23.6. The Kier molecular flexibility index (Phi) is 11.2. The van der Waals surface area contributed by atoms with Crippen molar-refractivity contribution >= 4 is 50.1 Å². The number of nitrogens with zero attached hydrogens (tertiary/aromatic N) is 4. The van der Waals surface area contributed by atoms with E-state index in [1.165, 1.54) is 26.3 Å². The second-order valence-corrected chi connectivity index (χ2v) is 11.5. The smallest absolute Gasteiger partial charge is 0.418 e. The molecule has 1 aliphatic rings. The van der Waals surface area contributed by atoms with Gasteiger partial charge < -0.3 is 31.7 Å². The third-order valence-electron chi connectivity index (χ3n) is 5.96. The average molecular weight is 643 g/mol. The number of anilines is 1. The quantitative estimate of drug-likeness (QED) is 0.0461. The van der Waals surface area contributed by atoms with Crippen LogP contribution in [0.4, 0.5) is 5.13 Å². The summed E-state index contributed by atoms with van der Waals surface area (Å²) in [5.74, 6) is -1.25. The Balaban J connectivity index is 1.60. The van der Waals surface area contributed by atoms with Crippen LogP contribution < -0.4 is 26.8 Å². The monoisotopic (exact) mass is 642 g/mol. The fraction of sp³-hybridized carbons (Fsp3) is 0.417. The minimum absolute atomic E-state index is 0.0519. The van der Waals surface area contributed by atoms with E-state index in [-0.39, 0.29) is 29.8 Å². The van der Waals surface area contributed by atoms with E-state index in [1.54, 1.807) is 30.5 Å². The number of ether oxygens (including phenoxy) is 1. The van der Waals surface area contributed by atoms with Gasteiger partial charge in [0.1, 0.15) is 24.1 Å². The van der Waals surface area contributed by atoms with Crippen LogP contribution in [0.2, 0.25) is 0 Å². The predicted molar refractivity (Wildman–Crippen MR) is 156 cm³/mol. The van der Waals surface area contributed by atoms with Gasteiger partial charge in [0.25, 0.3) is 11.8 Å². The van der Waals surface area contributed by atoms with Crippen molar-refractivity contribution in [3.63, 3.8) is 0 Å². The maximum atomic E-state index is 13.1. The molecule has 1 aromatic heterocycles. The van der Waals surface area contributed by atoms with E-state index in [0.717, 1.165) is 28.4 Å². The molecule has 0 bridgehead atoms. The molecule has 2 heterocycles. The Hall–Kier alpha value is -4.01. The van der Waals surface area contributed by atoms with E-state index in [2.05, 4.69) is 25.1 Å². The highest BCUT2D eigenvalue weighted by molar-refractivity contribution is 7.80. The molecular weight excluding hydrogens is 608 g/mol. The minimum atomic E-state index is -4.96. The summed E-state index contributed by atoms with van der Waals surface area (Å²) >= 11 is 1.05. The number of carbonyl (C=O) groups is 2. The first-order valence-corrected chi connectivity index (χ1v) is 15.0. The number of amides is 2. The van der Waals surface area contributed by atoms with Crippen LogP contribution in [0.1, 0.15) is 31.5 Å². The summed E-state index contributed by atoms with van der Waals surface area (Å²) in [6.07, 6.45) is 2.47. The number of β-lactam (4-membered cyclic amide) rings is 1. The molecular formula is C24H34N8O9S2. The lowest BCUT2D eigenvalue weighted by molar-refractivity contribution is -0.218. The number of hydrogen-bond donors (Lipinski definition) is 6. The van der Waals surface area contributed by atoms with E-state index in [0.29, 0.717) is 29.6 Å². The van der Waals surface area contributed by atoms with Gasteiger partial charge >= 0.3 is 10.4 Å². The van der Waals surface area contributed by atoms with Gasteiger partial charge in [0.05, 0.1) is 11.2 Å². The van der Waals surface area contributed by atoms with Gasteiger partial charge in [-0.25, -0.2) is 4.98 Å². The largest absolute Gasteiger partial charge is 0.490 e. The summed E-state index contributed by atoms with van der Waals surface area (Å²) in [7, 11) is -3.45. The lowest BCUT2D eigenvalue weighted by atomic mass is 9.84. The van der Waals surface area contributed by atoms with Crippen molar-refractivity contribution < 1.29 is 41.6 Å². The number of nitrogens with two attached hydrogens (primary N) is 2. The van der Waals surface area contributed by atoms with Crippen molar-refractivity contribution in [3.05, 3.63) is 47.1 Å². The second-order valence-electron chi connectivity index (χ2n) is 9.56. The molecule has 1 atom stereocenters. The molecule has 2 amide bonds. The predicted octanol–water partition coefficient (Wildman–Crippen LogP) is -0.0772. The van der Waals surface area contributed by atoms with E-state index < -0.39 is 33.8 Å². The van der Waals surface area contributed by atoms with E-state index in [9.17, 15) is 23.2 Å². The molecule has 1 aliphatic heterocycles. The maximum absolute atomic E-state index is 13.1. The number of benzene rings is 1. The highest BCUT2D eigenvalue weighted by Gasteiger charge is 2.58. The number of oxime groups is 1. The third-order valence-corrected chi connectivity index (χ3v) is 6.97. The highest BCUT2D eigenvalue weighted by Crippen LogP contribution is 2.33. The fourth-order valence-corrected chi connectivity index (χ4v) is 4.79. The van der Waals surface area contributed by atoms with Crippen LogP contribution >= 0.6 is 11.3 Å². The lowest BCUT2D eigenvalue weighted by Gasteiger charge is -2.50. The molecule has 43 heavy (non-hydrogen) atoms. The molecule has 0 saturated carbocycles. The molecule has 0 aliphatic carbocycles. The summed E-state index contributed by atoms with van der Waals surface area (Å²) in [4.78, 5) is 34.8. The Bertz CT molecular complexity index is 1440.